The lowest BCUT2D eigenvalue weighted by Crippen LogP contribution is -2.40. The summed E-state index contributed by atoms with van der Waals surface area (Å²) in [6, 6.07) is 0. The van der Waals surface area contributed by atoms with E-state index in [4.69, 9.17) is 4.74 Å². The zero-order chi connectivity index (χ0) is 15.9. The van der Waals surface area contributed by atoms with Crippen molar-refractivity contribution in [2.45, 2.75) is 59.8 Å². The fourth-order valence-corrected chi connectivity index (χ4v) is 3.17. The first-order valence-corrected chi connectivity index (χ1v) is 9.30. The lowest BCUT2D eigenvalue weighted by Gasteiger charge is -2.35. The van der Waals surface area contributed by atoms with Crippen molar-refractivity contribution in [2.75, 3.05) is 46.4 Å². The molecule has 0 radical (unpaired) electrons. The molecule has 2 aliphatic rings. The molecular weight excluding hydrogens is 260 g/mol. The quantitative estimate of drug-likeness (QED) is 0.836. The highest BCUT2D eigenvalue weighted by Gasteiger charge is 2.22. The molecule has 0 unspecified atom stereocenters. The number of ether oxygens (including phenoxy) is 1. The smallest absolute Gasteiger partial charge is 0.0464 e. The Balaban J connectivity index is 0.000000921. The Morgan fingerprint density at radius 1 is 0.905 bits per heavy atom. The summed E-state index contributed by atoms with van der Waals surface area (Å²) in [6.45, 7) is 15.4. The zero-order valence-corrected chi connectivity index (χ0v) is 15.3. The highest BCUT2D eigenvalue weighted by atomic mass is 16.5. The van der Waals surface area contributed by atoms with Gasteiger partial charge in [0.25, 0.3) is 0 Å². The van der Waals surface area contributed by atoms with Crippen LogP contribution in [-0.4, -0.2) is 51.3 Å². The second-order valence-corrected chi connectivity index (χ2v) is 5.72. The van der Waals surface area contributed by atoms with Crippen molar-refractivity contribution in [3.05, 3.63) is 0 Å². The SMILES string of the molecule is CC.CC.COCCC1CCN(CC2CCNCC2)CC1. The Morgan fingerprint density at radius 3 is 2.00 bits per heavy atom. The molecule has 2 fully saturated rings. The number of methoxy groups -OCH3 is 1. The predicted octanol–water partition coefficient (Wildman–Crippen LogP) is 3.79. The second kappa shape index (κ2) is 14.8. The third-order valence-electron chi connectivity index (χ3n) is 4.41. The van der Waals surface area contributed by atoms with Crippen molar-refractivity contribution in [1.82, 2.24) is 10.2 Å². The first-order valence-electron chi connectivity index (χ1n) is 9.30. The van der Waals surface area contributed by atoms with E-state index >= 15 is 0 Å². The topological polar surface area (TPSA) is 24.5 Å². The molecule has 0 spiro atoms. The first-order chi connectivity index (χ1) is 10.4. The predicted molar refractivity (Wildman–Crippen MR) is 93.9 cm³/mol. The molecule has 0 aromatic carbocycles. The van der Waals surface area contributed by atoms with E-state index in [0.717, 1.165) is 18.4 Å². The fourth-order valence-electron chi connectivity index (χ4n) is 3.17. The van der Waals surface area contributed by atoms with Gasteiger partial charge in [-0.25, -0.2) is 0 Å². The van der Waals surface area contributed by atoms with Gasteiger partial charge in [-0.1, -0.05) is 27.7 Å². The minimum absolute atomic E-state index is 0.916. The van der Waals surface area contributed by atoms with Crippen LogP contribution >= 0.6 is 0 Å². The molecule has 21 heavy (non-hydrogen) atoms. The fraction of sp³-hybridized carbons (Fsp3) is 1.00. The lowest BCUT2D eigenvalue weighted by atomic mass is 9.92. The van der Waals surface area contributed by atoms with Gasteiger partial charge in [-0.2, -0.15) is 0 Å². The molecule has 0 atom stereocenters. The molecular formula is C18H40N2O. The summed E-state index contributed by atoms with van der Waals surface area (Å²) in [6.07, 6.45) is 6.79. The van der Waals surface area contributed by atoms with Crippen LogP contribution in [0.1, 0.15) is 59.8 Å². The van der Waals surface area contributed by atoms with Crippen molar-refractivity contribution in [3.8, 4) is 0 Å². The van der Waals surface area contributed by atoms with Gasteiger partial charge in [0.05, 0.1) is 0 Å². The van der Waals surface area contributed by atoms with E-state index in [2.05, 4.69) is 10.2 Å². The molecule has 2 rings (SSSR count). The van der Waals surface area contributed by atoms with Gasteiger partial charge in [-0.15, -0.1) is 0 Å². The molecule has 3 nitrogen and oxygen atoms in total. The van der Waals surface area contributed by atoms with Crippen molar-refractivity contribution >= 4 is 0 Å². The van der Waals surface area contributed by atoms with Crippen LogP contribution in [0.4, 0.5) is 0 Å². The number of rotatable bonds is 5. The monoisotopic (exact) mass is 300 g/mol. The summed E-state index contributed by atoms with van der Waals surface area (Å²) in [4.78, 5) is 2.69. The number of nitrogens with one attached hydrogen (secondary N) is 1. The van der Waals surface area contributed by atoms with Gasteiger partial charge in [0, 0.05) is 20.3 Å². The standard InChI is InChI=1S/C14H28N2O.2C2H6/c1-17-11-6-13-4-9-16(10-5-13)12-14-2-7-15-8-3-14;2*1-2/h13-15H,2-12H2,1H3;2*1-2H3. The second-order valence-electron chi connectivity index (χ2n) is 5.72. The maximum atomic E-state index is 5.17. The molecule has 2 heterocycles. The molecule has 0 aromatic rings. The average Bonchev–Trinajstić information content (AvgIpc) is 2.59. The minimum Gasteiger partial charge on any atom is -0.385 e. The molecule has 1 N–H and O–H groups in total. The van der Waals surface area contributed by atoms with E-state index in [1.54, 1.807) is 0 Å². The molecule has 0 aromatic heterocycles. The Kier molecular flexibility index (Phi) is 14.7. The Hall–Kier alpha value is -0.120. The van der Waals surface area contributed by atoms with Crippen LogP contribution in [0.25, 0.3) is 0 Å². The number of piperidine rings is 2. The summed E-state index contributed by atoms with van der Waals surface area (Å²) in [5.41, 5.74) is 0. The van der Waals surface area contributed by atoms with Gasteiger partial charge in [0.15, 0.2) is 0 Å². The third-order valence-corrected chi connectivity index (χ3v) is 4.41. The van der Waals surface area contributed by atoms with E-state index in [-0.39, 0.29) is 0 Å². The van der Waals surface area contributed by atoms with Crippen molar-refractivity contribution < 1.29 is 4.74 Å². The van der Waals surface area contributed by atoms with Gasteiger partial charge >= 0.3 is 0 Å². The largest absolute Gasteiger partial charge is 0.385 e. The molecule has 0 aliphatic carbocycles. The number of nitrogens with zero attached hydrogens (tertiary/aromatic N) is 1. The third kappa shape index (κ3) is 9.49. The Labute approximate surface area is 133 Å². The zero-order valence-electron chi connectivity index (χ0n) is 15.3. The van der Waals surface area contributed by atoms with E-state index in [0.29, 0.717) is 0 Å². The summed E-state index contributed by atoms with van der Waals surface area (Å²) >= 11 is 0. The van der Waals surface area contributed by atoms with E-state index < -0.39 is 0 Å². The van der Waals surface area contributed by atoms with Crippen molar-refractivity contribution in [3.63, 3.8) is 0 Å². The Morgan fingerprint density at radius 2 is 1.48 bits per heavy atom. The molecule has 3 heteroatoms. The van der Waals surface area contributed by atoms with E-state index in [9.17, 15) is 0 Å². The summed E-state index contributed by atoms with van der Waals surface area (Å²) in [5.74, 6) is 1.87. The molecule has 0 amide bonds. The first kappa shape index (κ1) is 20.9. The van der Waals surface area contributed by atoms with Crippen LogP contribution in [0.15, 0.2) is 0 Å². The van der Waals surface area contributed by atoms with Crippen LogP contribution in [0.3, 0.4) is 0 Å². The molecule has 2 aliphatic heterocycles. The van der Waals surface area contributed by atoms with Gasteiger partial charge < -0.3 is 15.0 Å². The van der Waals surface area contributed by atoms with Crippen molar-refractivity contribution in [1.29, 1.82) is 0 Å². The highest BCUT2D eigenvalue weighted by molar-refractivity contribution is 4.77. The van der Waals surface area contributed by atoms with E-state index in [1.807, 2.05) is 34.8 Å². The molecule has 0 bridgehead atoms. The van der Waals surface area contributed by atoms with Crippen LogP contribution in [0.2, 0.25) is 0 Å². The lowest BCUT2D eigenvalue weighted by molar-refractivity contribution is 0.120. The number of likely N-dealkylation sites (tertiary alicyclic amines) is 1. The van der Waals surface area contributed by atoms with Crippen LogP contribution in [0, 0.1) is 11.8 Å². The van der Waals surface area contributed by atoms with Crippen LogP contribution < -0.4 is 5.32 Å². The molecule has 0 saturated carbocycles. The highest BCUT2D eigenvalue weighted by Crippen LogP contribution is 2.22. The van der Waals surface area contributed by atoms with Crippen LogP contribution in [0.5, 0.6) is 0 Å². The summed E-state index contributed by atoms with van der Waals surface area (Å²) < 4.78 is 5.17. The number of hydrogen-bond acceptors (Lipinski definition) is 3. The van der Waals surface area contributed by atoms with Gasteiger partial charge in [0.2, 0.25) is 0 Å². The van der Waals surface area contributed by atoms with Crippen LogP contribution in [-0.2, 0) is 4.74 Å². The average molecular weight is 301 g/mol. The number of hydrogen-bond donors (Lipinski definition) is 1. The van der Waals surface area contributed by atoms with Gasteiger partial charge in [-0.05, 0) is 70.1 Å². The van der Waals surface area contributed by atoms with Gasteiger partial charge in [-0.3, -0.25) is 0 Å². The molecule has 128 valence electrons. The summed E-state index contributed by atoms with van der Waals surface area (Å²) in [5, 5.41) is 3.45. The normalized spacial score (nSPS) is 21.0. The van der Waals surface area contributed by atoms with Gasteiger partial charge in [0.1, 0.15) is 0 Å². The maximum absolute atomic E-state index is 5.17. The molecule has 2 saturated heterocycles. The Bertz CT molecular complexity index is 197. The minimum atomic E-state index is 0.916. The van der Waals surface area contributed by atoms with Crippen molar-refractivity contribution in [2.24, 2.45) is 11.8 Å². The maximum Gasteiger partial charge on any atom is 0.0464 e. The van der Waals surface area contributed by atoms with E-state index in [1.165, 1.54) is 64.8 Å². The summed E-state index contributed by atoms with van der Waals surface area (Å²) in [7, 11) is 1.81.